The van der Waals surface area contributed by atoms with E-state index in [1.807, 2.05) is 11.3 Å². The summed E-state index contributed by atoms with van der Waals surface area (Å²) in [6.07, 6.45) is 4.32. The van der Waals surface area contributed by atoms with Crippen LogP contribution < -0.4 is 5.73 Å². The van der Waals surface area contributed by atoms with Crippen LogP contribution in [0.2, 0.25) is 0 Å². The highest BCUT2D eigenvalue weighted by molar-refractivity contribution is 7.10. The Morgan fingerprint density at radius 3 is 2.71 bits per heavy atom. The van der Waals surface area contributed by atoms with Crippen LogP contribution in [0.15, 0.2) is 11.4 Å². The summed E-state index contributed by atoms with van der Waals surface area (Å²) in [6.45, 7) is 2.19. The molecule has 14 heavy (non-hydrogen) atoms. The van der Waals surface area contributed by atoms with Crippen LogP contribution in [0, 0.1) is 24.7 Å². The molecule has 2 heteroatoms. The van der Waals surface area contributed by atoms with Crippen molar-refractivity contribution >= 4 is 11.3 Å². The lowest BCUT2D eigenvalue weighted by Gasteiger charge is -2.13. The number of hydrogen-bond donors (Lipinski definition) is 1. The van der Waals surface area contributed by atoms with E-state index in [4.69, 9.17) is 5.73 Å². The maximum Gasteiger partial charge on any atom is 0.0340 e. The molecule has 3 rings (SSSR count). The van der Waals surface area contributed by atoms with Crippen molar-refractivity contribution in [2.75, 3.05) is 0 Å². The van der Waals surface area contributed by atoms with E-state index < -0.39 is 0 Å². The molecule has 3 unspecified atom stereocenters. The topological polar surface area (TPSA) is 26.0 Å². The average molecular weight is 207 g/mol. The van der Waals surface area contributed by atoms with E-state index in [0.717, 1.165) is 17.8 Å². The van der Waals surface area contributed by atoms with Gasteiger partial charge in [0.05, 0.1) is 0 Å². The third-order valence-electron chi connectivity index (χ3n) is 4.15. The lowest BCUT2D eigenvalue weighted by Crippen LogP contribution is -2.15. The van der Waals surface area contributed by atoms with E-state index in [2.05, 4.69) is 18.4 Å². The van der Waals surface area contributed by atoms with Crippen LogP contribution in [0.4, 0.5) is 0 Å². The highest BCUT2D eigenvalue weighted by Gasteiger charge is 2.55. The first-order valence-corrected chi connectivity index (χ1v) is 6.46. The van der Waals surface area contributed by atoms with Gasteiger partial charge < -0.3 is 5.73 Å². The number of thiophene rings is 1. The summed E-state index contributed by atoms with van der Waals surface area (Å²) in [4.78, 5) is 1.42. The summed E-state index contributed by atoms with van der Waals surface area (Å²) in [7, 11) is 0. The third-order valence-corrected chi connectivity index (χ3v) is 5.01. The van der Waals surface area contributed by atoms with Crippen LogP contribution in [0.3, 0.4) is 0 Å². The van der Waals surface area contributed by atoms with Gasteiger partial charge >= 0.3 is 0 Å². The summed E-state index contributed by atoms with van der Waals surface area (Å²) in [5.74, 6) is 2.77. The Bertz CT molecular complexity index is 334. The summed E-state index contributed by atoms with van der Waals surface area (Å²) < 4.78 is 0. The van der Waals surface area contributed by atoms with Gasteiger partial charge in [-0.3, -0.25) is 0 Å². The number of nitrogens with two attached hydrogens (primary N) is 1. The van der Waals surface area contributed by atoms with Gasteiger partial charge in [-0.15, -0.1) is 11.3 Å². The first-order chi connectivity index (χ1) is 6.79. The van der Waals surface area contributed by atoms with Gasteiger partial charge in [0.2, 0.25) is 0 Å². The van der Waals surface area contributed by atoms with Gasteiger partial charge in [-0.25, -0.2) is 0 Å². The lowest BCUT2D eigenvalue weighted by atomic mass is 9.98. The fourth-order valence-electron chi connectivity index (χ4n) is 3.36. The number of hydrogen-bond acceptors (Lipinski definition) is 2. The minimum Gasteiger partial charge on any atom is -0.324 e. The van der Waals surface area contributed by atoms with Crippen molar-refractivity contribution in [3.8, 4) is 0 Å². The standard InChI is InChI=1S/C12H17NS/c1-7-8(5-6-14-7)12(13)11-9-3-2-4-10(9)11/h5-6,9-12H,2-4,13H2,1H3. The number of aryl methyl sites for hydroxylation is 1. The maximum absolute atomic E-state index is 6.34. The van der Waals surface area contributed by atoms with Gasteiger partial charge in [-0.1, -0.05) is 6.42 Å². The Labute approximate surface area is 89.3 Å². The highest BCUT2D eigenvalue weighted by Crippen LogP contribution is 2.61. The summed E-state index contributed by atoms with van der Waals surface area (Å²) in [5.41, 5.74) is 7.75. The van der Waals surface area contributed by atoms with Gasteiger partial charge in [0.1, 0.15) is 0 Å². The Morgan fingerprint density at radius 2 is 2.14 bits per heavy atom. The van der Waals surface area contributed by atoms with Crippen molar-refractivity contribution in [3.63, 3.8) is 0 Å². The Morgan fingerprint density at radius 1 is 1.43 bits per heavy atom. The largest absolute Gasteiger partial charge is 0.324 e. The van der Waals surface area contributed by atoms with Gasteiger partial charge in [0.25, 0.3) is 0 Å². The SMILES string of the molecule is Cc1sccc1C(N)C1C2CCCC21. The molecular formula is C12H17NS. The molecule has 2 aliphatic rings. The monoisotopic (exact) mass is 207 g/mol. The summed E-state index contributed by atoms with van der Waals surface area (Å²) >= 11 is 1.83. The van der Waals surface area contributed by atoms with E-state index in [9.17, 15) is 0 Å². The molecule has 76 valence electrons. The zero-order valence-electron chi connectivity index (χ0n) is 8.57. The number of rotatable bonds is 2. The molecule has 2 N–H and O–H groups in total. The molecule has 3 atom stereocenters. The molecular weight excluding hydrogens is 190 g/mol. The van der Waals surface area contributed by atoms with Crippen molar-refractivity contribution in [1.29, 1.82) is 0 Å². The number of fused-ring (bicyclic) bond motifs is 1. The predicted octanol–water partition coefficient (Wildman–Crippen LogP) is 3.10. The van der Waals surface area contributed by atoms with Crippen molar-refractivity contribution in [2.24, 2.45) is 23.5 Å². The van der Waals surface area contributed by atoms with Crippen LogP contribution in [0.1, 0.15) is 35.7 Å². The third kappa shape index (κ3) is 1.17. The molecule has 0 amide bonds. The molecule has 1 nitrogen and oxygen atoms in total. The predicted molar refractivity (Wildman–Crippen MR) is 60.3 cm³/mol. The maximum atomic E-state index is 6.34. The van der Waals surface area contributed by atoms with Crippen molar-refractivity contribution in [3.05, 3.63) is 21.9 Å². The molecule has 0 spiro atoms. The zero-order chi connectivity index (χ0) is 9.71. The second kappa shape index (κ2) is 3.07. The first-order valence-electron chi connectivity index (χ1n) is 5.58. The molecule has 2 saturated carbocycles. The van der Waals surface area contributed by atoms with Crippen LogP contribution >= 0.6 is 11.3 Å². The van der Waals surface area contributed by atoms with E-state index >= 15 is 0 Å². The van der Waals surface area contributed by atoms with Crippen molar-refractivity contribution in [1.82, 2.24) is 0 Å². The average Bonchev–Trinajstić information content (AvgIpc) is 2.57. The van der Waals surface area contributed by atoms with Gasteiger partial charge in [0, 0.05) is 10.9 Å². The molecule has 1 aromatic rings. The lowest BCUT2D eigenvalue weighted by molar-refractivity contribution is 0.501. The quantitative estimate of drug-likeness (QED) is 0.792. The Balaban J connectivity index is 1.78. The second-order valence-electron chi connectivity index (χ2n) is 4.79. The molecule has 1 aromatic heterocycles. The molecule has 1 heterocycles. The second-order valence-corrected chi connectivity index (χ2v) is 5.91. The minimum absolute atomic E-state index is 0.330. The fraction of sp³-hybridized carbons (Fsp3) is 0.667. The smallest absolute Gasteiger partial charge is 0.0340 e. The normalized spacial score (nSPS) is 36.9. The van der Waals surface area contributed by atoms with Gasteiger partial charge in [-0.2, -0.15) is 0 Å². The molecule has 2 aliphatic carbocycles. The molecule has 0 saturated heterocycles. The van der Waals surface area contributed by atoms with E-state index in [-0.39, 0.29) is 0 Å². The van der Waals surface area contributed by atoms with Crippen molar-refractivity contribution in [2.45, 2.75) is 32.2 Å². The summed E-state index contributed by atoms with van der Waals surface area (Å²) in [5, 5.41) is 2.17. The van der Waals surface area contributed by atoms with E-state index in [0.29, 0.717) is 6.04 Å². The van der Waals surface area contributed by atoms with Crippen LogP contribution in [-0.2, 0) is 0 Å². The van der Waals surface area contributed by atoms with Crippen LogP contribution in [-0.4, -0.2) is 0 Å². The highest BCUT2D eigenvalue weighted by atomic mass is 32.1. The van der Waals surface area contributed by atoms with E-state index in [1.165, 1.54) is 29.7 Å². The molecule has 2 fully saturated rings. The molecule has 0 radical (unpaired) electrons. The van der Waals surface area contributed by atoms with Crippen LogP contribution in [0.5, 0.6) is 0 Å². The summed E-state index contributed by atoms with van der Waals surface area (Å²) in [6, 6.07) is 2.55. The Kier molecular flexibility index (Phi) is 1.96. The molecule has 0 bridgehead atoms. The molecule has 0 aliphatic heterocycles. The van der Waals surface area contributed by atoms with E-state index in [1.54, 1.807) is 0 Å². The van der Waals surface area contributed by atoms with Crippen LogP contribution in [0.25, 0.3) is 0 Å². The van der Waals surface area contributed by atoms with Gasteiger partial charge in [-0.05, 0) is 54.5 Å². The van der Waals surface area contributed by atoms with Gasteiger partial charge in [0.15, 0.2) is 0 Å². The first kappa shape index (κ1) is 8.93. The zero-order valence-corrected chi connectivity index (χ0v) is 9.39. The Hall–Kier alpha value is -0.340. The minimum atomic E-state index is 0.330. The molecule has 0 aromatic carbocycles. The van der Waals surface area contributed by atoms with Crippen molar-refractivity contribution < 1.29 is 0 Å². The fourth-order valence-corrected chi connectivity index (χ4v) is 4.12.